The molecule has 0 bridgehead atoms. The average molecular weight is 458 g/mol. The monoisotopic (exact) mass is 457 g/mol. The Bertz CT molecular complexity index is 1190. The zero-order valence-electron chi connectivity index (χ0n) is 19.1. The van der Waals surface area contributed by atoms with Gasteiger partial charge in [-0.3, -0.25) is 14.5 Å². The molecule has 7 heteroatoms. The van der Waals surface area contributed by atoms with Crippen molar-refractivity contribution >= 4 is 23.2 Å². The van der Waals surface area contributed by atoms with Gasteiger partial charge in [0.15, 0.2) is 6.61 Å². The van der Waals surface area contributed by atoms with Crippen molar-refractivity contribution in [2.45, 2.75) is 19.0 Å². The maximum Gasteiger partial charge on any atom is 0.262 e. The summed E-state index contributed by atoms with van der Waals surface area (Å²) in [7, 11) is 1.61. The van der Waals surface area contributed by atoms with Crippen molar-refractivity contribution in [2.24, 2.45) is 0 Å². The largest absolute Gasteiger partial charge is 0.497 e. The first-order valence-electron chi connectivity index (χ1n) is 11.5. The lowest BCUT2D eigenvalue weighted by Crippen LogP contribution is -2.43. The van der Waals surface area contributed by atoms with Gasteiger partial charge in [-0.1, -0.05) is 30.3 Å². The topological polar surface area (TPSA) is 71.1 Å². The first-order chi connectivity index (χ1) is 16.7. The number of benzene rings is 3. The third-order valence-corrected chi connectivity index (χ3v) is 6.30. The maximum atomic E-state index is 13.7. The fourth-order valence-corrected chi connectivity index (χ4v) is 4.52. The minimum absolute atomic E-state index is 0.0164. The first-order valence-corrected chi connectivity index (χ1v) is 11.5. The third kappa shape index (κ3) is 4.17. The molecule has 174 valence electrons. The molecule has 34 heavy (non-hydrogen) atoms. The SMILES string of the molecule is COc1ccc(N2C(=O)c3ccccc3NC2c2ccccc2OCC(=O)N2CCCC2)cc1. The molecule has 0 saturated carbocycles. The minimum atomic E-state index is -0.520. The number of ether oxygens (including phenoxy) is 2. The summed E-state index contributed by atoms with van der Waals surface area (Å²) in [6.45, 7) is 1.53. The number of nitrogens with zero attached hydrogens (tertiary/aromatic N) is 2. The highest BCUT2D eigenvalue weighted by Crippen LogP contribution is 2.39. The van der Waals surface area contributed by atoms with E-state index in [9.17, 15) is 9.59 Å². The smallest absolute Gasteiger partial charge is 0.262 e. The van der Waals surface area contributed by atoms with Gasteiger partial charge >= 0.3 is 0 Å². The summed E-state index contributed by atoms with van der Waals surface area (Å²) in [6.07, 6.45) is 1.55. The Labute approximate surface area is 198 Å². The van der Waals surface area contributed by atoms with Crippen molar-refractivity contribution in [3.63, 3.8) is 0 Å². The molecule has 2 heterocycles. The van der Waals surface area contributed by atoms with Crippen LogP contribution in [0.4, 0.5) is 11.4 Å². The molecule has 0 aromatic heterocycles. The lowest BCUT2D eigenvalue weighted by atomic mass is 10.0. The van der Waals surface area contributed by atoms with Gasteiger partial charge in [-0.05, 0) is 55.3 Å². The van der Waals surface area contributed by atoms with E-state index in [4.69, 9.17) is 9.47 Å². The molecule has 7 nitrogen and oxygen atoms in total. The van der Waals surface area contributed by atoms with E-state index >= 15 is 0 Å². The molecular formula is C27H27N3O4. The number of nitrogens with one attached hydrogen (secondary N) is 1. The van der Waals surface area contributed by atoms with Crippen LogP contribution in [0.5, 0.6) is 11.5 Å². The number of fused-ring (bicyclic) bond motifs is 1. The molecule has 5 rings (SSSR count). The molecule has 0 aliphatic carbocycles. The Morgan fingerprint density at radius 1 is 0.971 bits per heavy atom. The standard InChI is InChI=1S/C27H27N3O4/c1-33-20-14-12-19(13-15-20)30-26(28-23-10-4-2-8-21(23)27(30)32)22-9-3-5-11-24(22)34-18-25(31)29-16-6-7-17-29/h2-5,8-15,26,28H,6-7,16-18H2,1H3. The van der Waals surface area contributed by atoms with Crippen LogP contribution < -0.4 is 19.7 Å². The van der Waals surface area contributed by atoms with Gasteiger partial charge < -0.3 is 19.7 Å². The molecule has 0 radical (unpaired) electrons. The zero-order valence-corrected chi connectivity index (χ0v) is 19.1. The van der Waals surface area contributed by atoms with E-state index in [0.717, 1.165) is 42.9 Å². The number of amides is 2. The van der Waals surface area contributed by atoms with Crippen LogP contribution in [0.2, 0.25) is 0 Å². The third-order valence-electron chi connectivity index (χ3n) is 6.30. The van der Waals surface area contributed by atoms with Gasteiger partial charge in [0.1, 0.15) is 17.7 Å². The minimum Gasteiger partial charge on any atom is -0.497 e. The molecular weight excluding hydrogens is 430 g/mol. The van der Waals surface area contributed by atoms with E-state index in [2.05, 4.69) is 5.32 Å². The number of hydrogen-bond acceptors (Lipinski definition) is 5. The maximum absolute atomic E-state index is 13.7. The molecule has 2 aliphatic rings. The van der Waals surface area contributed by atoms with Gasteiger partial charge in [-0.2, -0.15) is 0 Å². The molecule has 1 atom stereocenters. The van der Waals surface area contributed by atoms with E-state index in [-0.39, 0.29) is 18.4 Å². The second-order valence-corrected chi connectivity index (χ2v) is 8.38. The Morgan fingerprint density at radius 2 is 1.68 bits per heavy atom. The number of carbonyl (C=O) groups excluding carboxylic acids is 2. The summed E-state index contributed by atoms with van der Waals surface area (Å²) >= 11 is 0. The summed E-state index contributed by atoms with van der Waals surface area (Å²) in [4.78, 5) is 29.8. The average Bonchev–Trinajstić information content (AvgIpc) is 3.43. The summed E-state index contributed by atoms with van der Waals surface area (Å²) in [5, 5.41) is 3.50. The first kappa shape index (κ1) is 21.8. The lowest BCUT2D eigenvalue weighted by Gasteiger charge is -2.38. The van der Waals surface area contributed by atoms with Crippen LogP contribution in [0.1, 0.15) is 34.9 Å². The molecule has 0 spiro atoms. The van der Waals surface area contributed by atoms with Gasteiger partial charge in [-0.25, -0.2) is 0 Å². The number of anilines is 2. The van der Waals surface area contributed by atoms with Crippen molar-refractivity contribution in [1.29, 1.82) is 0 Å². The van der Waals surface area contributed by atoms with E-state index < -0.39 is 6.17 Å². The van der Waals surface area contributed by atoms with E-state index in [1.807, 2.05) is 77.7 Å². The van der Waals surface area contributed by atoms with Crippen LogP contribution in [0.15, 0.2) is 72.8 Å². The predicted octanol–water partition coefficient (Wildman–Crippen LogP) is 4.47. The zero-order chi connectivity index (χ0) is 23.5. The Kier molecular flexibility index (Phi) is 6.08. The molecule has 1 unspecified atom stereocenters. The van der Waals surface area contributed by atoms with Crippen molar-refractivity contribution < 1.29 is 19.1 Å². The quantitative estimate of drug-likeness (QED) is 0.592. The number of rotatable bonds is 6. The molecule has 3 aromatic rings. The van der Waals surface area contributed by atoms with Crippen LogP contribution in [-0.4, -0.2) is 43.5 Å². The molecule has 2 amide bonds. The van der Waals surface area contributed by atoms with Crippen molar-refractivity contribution in [1.82, 2.24) is 4.90 Å². The molecule has 3 aromatic carbocycles. The molecule has 1 saturated heterocycles. The summed E-state index contributed by atoms with van der Waals surface area (Å²) in [5.41, 5.74) is 2.85. The highest BCUT2D eigenvalue weighted by molar-refractivity contribution is 6.12. The molecule has 1 fully saturated rings. The Morgan fingerprint density at radius 3 is 2.44 bits per heavy atom. The fourth-order valence-electron chi connectivity index (χ4n) is 4.52. The van der Waals surface area contributed by atoms with Crippen LogP contribution in [0.25, 0.3) is 0 Å². The Hall–Kier alpha value is -4.00. The van der Waals surface area contributed by atoms with Crippen LogP contribution >= 0.6 is 0 Å². The van der Waals surface area contributed by atoms with Crippen molar-refractivity contribution in [3.05, 3.63) is 83.9 Å². The second-order valence-electron chi connectivity index (χ2n) is 8.38. The number of para-hydroxylation sites is 2. The lowest BCUT2D eigenvalue weighted by molar-refractivity contribution is -0.132. The van der Waals surface area contributed by atoms with Gasteiger partial charge in [-0.15, -0.1) is 0 Å². The Balaban J connectivity index is 1.50. The molecule has 2 aliphatic heterocycles. The normalized spacial score (nSPS) is 17.2. The van der Waals surface area contributed by atoms with Gasteiger partial charge in [0.2, 0.25) is 0 Å². The van der Waals surface area contributed by atoms with Crippen LogP contribution in [-0.2, 0) is 4.79 Å². The van der Waals surface area contributed by atoms with E-state index in [1.54, 1.807) is 12.0 Å². The van der Waals surface area contributed by atoms with Gasteiger partial charge in [0.05, 0.1) is 12.7 Å². The van der Waals surface area contributed by atoms with Crippen molar-refractivity contribution in [2.75, 3.05) is 37.0 Å². The summed E-state index contributed by atoms with van der Waals surface area (Å²) < 4.78 is 11.3. The summed E-state index contributed by atoms with van der Waals surface area (Å²) in [6, 6.07) is 22.4. The second kappa shape index (κ2) is 9.47. The number of methoxy groups -OCH3 is 1. The van der Waals surface area contributed by atoms with E-state index in [0.29, 0.717) is 17.1 Å². The number of carbonyl (C=O) groups is 2. The predicted molar refractivity (Wildman–Crippen MR) is 130 cm³/mol. The molecule has 1 N–H and O–H groups in total. The van der Waals surface area contributed by atoms with Crippen LogP contribution in [0.3, 0.4) is 0 Å². The fraction of sp³-hybridized carbons (Fsp3) is 0.259. The van der Waals surface area contributed by atoms with Crippen molar-refractivity contribution in [3.8, 4) is 11.5 Å². The number of hydrogen-bond donors (Lipinski definition) is 1. The van der Waals surface area contributed by atoms with Crippen LogP contribution in [0, 0.1) is 0 Å². The van der Waals surface area contributed by atoms with E-state index in [1.165, 1.54) is 0 Å². The van der Waals surface area contributed by atoms with Gasteiger partial charge in [0, 0.05) is 30.0 Å². The van der Waals surface area contributed by atoms with Gasteiger partial charge in [0.25, 0.3) is 11.8 Å². The number of likely N-dealkylation sites (tertiary alicyclic amines) is 1. The summed E-state index contributed by atoms with van der Waals surface area (Å²) in [5.74, 6) is 1.14. The highest BCUT2D eigenvalue weighted by atomic mass is 16.5. The highest BCUT2D eigenvalue weighted by Gasteiger charge is 2.35.